The maximum absolute atomic E-state index is 12.9. The van der Waals surface area contributed by atoms with Crippen LogP contribution in [0.15, 0.2) is 66.7 Å². The summed E-state index contributed by atoms with van der Waals surface area (Å²) < 4.78 is 16.8. The number of unbranched alkanes of at least 4 members (excludes halogenated alkanes) is 23. The molecule has 0 aliphatic carbocycles. The lowest BCUT2D eigenvalue weighted by atomic mass is 10.0. The summed E-state index contributed by atoms with van der Waals surface area (Å²) >= 11 is 0. The summed E-state index contributed by atoms with van der Waals surface area (Å²) in [6.45, 7) is 4.15. The fourth-order valence-electron chi connectivity index (χ4n) is 7.59. The normalized spacial score (nSPS) is 12.0. The third kappa shape index (κ3) is 24.1. The second-order valence-corrected chi connectivity index (χ2v) is 16.6. The van der Waals surface area contributed by atoms with Gasteiger partial charge in [-0.2, -0.15) is 0 Å². The molecular weight excluding hydrogens is 735 g/mol. The van der Waals surface area contributed by atoms with Gasteiger partial charge in [0.15, 0.2) is 6.10 Å². The predicted octanol–water partition coefficient (Wildman–Crippen LogP) is 15.5. The van der Waals surface area contributed by atoms with Gasteiger partial charge in [-0.15, -0.1) is 0 Å². The van der Waals surface area contributed by atoms with Crippen LogP contribution in [0.3, 0.4) is 0 Å². The zero-order valence-corrected chi connectivity index (χ0v) is 37.1. The highest BCUT2D eigenvalue weighted by Crippen LogP contribution is 2.25. The average Bonchev–Trinajstić information content (AvgIpc) is 3.24. The van der Waals surface area contributed by atoms with Crippen molar-refractivity contribution in [1.29, 1.82) is 0 Å². The van der Waals surface area contributed by atoms with E-state index in [-0.39, 0.29) is 31.6 Å². The Morgan fingerprint density at radius 2 is 0.932 bits per heavy atom. The molecule has 0 heterocycles. The molecule has 0 bridgehead atoms. The van der Waals surface area contributed by atoms with Gasteiger partial charge in [0, 0.05) is 18.5 Å². The topological polar surface area (TPSA) is 90.9 Å². The van der Waals surface area contributed by atoms with Crippen LogP contribution in [0.5, 0.6) is 0 Å². The summed E-state index contributed by atoms with van der Waals surface area (Å²) in [5.74, 6) is -0.689. The SMILES string of the molecule is CCCCCCCC/C=C\CCCCCCCC(=O)O[C@@H](COC(=O)CCCCCCCCCCCCCCC)COC(=O)Nc1ccc2cc3ccccc3cc2c1. The largest absolute Gasteiger partial charge is 0.462 e. The van der Waals surface area contributed by atoms with Crippen molar-refractivity contribution >= 4 is 45.3 Å². The highest BCUT2D eigenvalue weighted by atomic mass is 16.6. The Balaban J connectivity index is 1.35. The standard InChI is InChI=1S/C52H79NO6/c1-3-5-7-9-11-13-15-17-18-20-22-24-26-28-30-36-51(55)59-49(42-57-50(54)35-29-27-25-23-21-19-16-14-12-10-8-6-4-2)43-58-52(56)53-48-38-37-46-39-44-33-31-32-34-45(44)40-47(46)41-48/h17-18,31-34,37-41,49H,3-16,19-30,35-36,42-43H2,1-2H3,(H,53,56)/b18-17-/t49-/m0/s1. The maximum atomic E-state index is 12.9. The number of ether oxygens (including phenoxy) is 3. The number of esters is 2. The Hall–Kier alpha value is -3.87. The molecule has 3 aromatic rings. The molecule has 0 saturated heterocycles. The number of hydrogen-bond acceptors (Lipinski definition) is 6. The van der Waals surface area contributed by atoms with Gasteiger partial charge in [0.25, 0.3) is 0 Å². The first-order valence-electron chi connectivity index (χ1n) is 23.8. The molecule has 0 fully saturated rings. The van der Waals surface area contributed by atoms with Crippen LogP contribution in [0, 0.1) is 0 Å². The van der Waals surface area contributed by atoms with Crippen molar-refractivity contribution < 1.29 is 28.6 Å². The third-order valence-electron chi connectivity index (χ3n) is 11.2. The number of allylic oxidation sites excluding steroid dienone is 2. The first kappa shape index (κ1) is 49.5. The smallest absolute Gasteiger partial charge is 0.411 e. The summed E-state index contributed by atoms with van der Waals surface area (Å²) in [5.41, 5.74) is 0.597. The molecule has 328 valence electrons. The van der Waals surface area contributed by atoms with E-state index < -0.39 is 12.2 Å². The van der Waals surface area contributed by atoms with E-state index in [4.69, 9.17) is 14.2 Å². The van der Waals surface area contributed by atoms with Gasteiger partial charge in [0.05, 0.1) is 0 Å². The Morgan fingerprint density at radius 3 is 1.47 bits per heavy atom. The lowest BCUT2D eigenvalue weighted by Gasteiger charge is -2.18. The molecule has 1 amide bonds. The van der Waals surface area contributed by atoms with Gasteiger partial charge in [-0.1, -0.05) is 185 Å². The van der Waals surface area contributed by atoms with E-state index in [0.717, 1.165) is 72.9 Å². The highest BCUT2D eigenvalue weighted by molar-refractivity contribution is 6.00. The molecule has 0 aromatic heterocycles. The van der Waals surface area contributed by atoms with E-state index in [1.807, 2.05) is 30.3 Å². The quantitative estimate of drug-likeness (QED) is 0.0209. The van der Waals surface area contributed by atoms with Gasteiger partial charge in [-0.05, 0) is 84.3 Å². The number of nitrogens with one attached hydrogen (secondary N) is 1. The van der Waals surface area contributed by atoms with E-state index in [1.54, 1.807) is 0 Å². The molecule has 7 heteroatoms. The minimum Gasteiger partial charge on any atom is -0.462 e. The van der Waals surface area contributed by atoms with Crippen LogP contribution in [0.25, 0.3) is 21.5 Å². The van der Waals surface area contributed by atoms with E-state index in [2.05, 4.69) is 55.6 Å². The molecule has 1 atom stereocenters. The number of fused-ring (bicyclic) bond motifs is 2. The molecule has 3 aromatic carbocycles. The van der Waals surface area contributed by atoms with Gasteiger partial charge in [-0.25, -0.2) is 4.79 Å². The highest BCUT2D eigenvalue weighted by Gasteiger charge is 2.20. The Labute approximate surface area is 357 Å². The van der Waals surface area contributed by atoms with Crippen molar-refractivity contribution in [2.45, 2.75) is 200 Å². The number of anilines is 1. The van der Waals surface area contributed by atoms with E-state index in [9.17, 15) is 14.4 Å². The molecule has 1 N–H and O–H groups in total. The van der Waals surface area contributed by atoms with Crippen molar-refractivity contribution in [3.05, 3.63) is 66.7 Å². The second kappa shape index (κ2) is 32.9. The van der Waals surface area contributed by atoms with Gasteiger partial charge >= 0.3 is 18.0 Å². The minimum absolute atomic E-state index is 0.147. The van der Waals surface area contributed by atoms with Gasteiger partial charge < -0.3 is 14.2 Å². The number of carbonyl (C=O) groups is 3. The second-order valence-electron chi connectivity index (χ2n) is 16.6. The van der Waals surface area contributed by atoms with Crippen LogP contribution in [0.1, 0.15) is 194 Å². The van der Waals surface area contributed by atoms with Crippen LogP contribution in [0.2, 0.25) is 0 Å². The van der Waals surface area contributed by atoms with Gasteiger partial charge in [-0.3, -0.25) is 14.9 Å². The number of carbonyl (C=O) groups excluding carboxylic acids is 3. The van der Waals surface area contributed by atoms with Crippen molar-refractivity contribution in [2.75, 3.05) is 18.5 Å². The molecular formula is C52H79NO6. The van der Waals surface area contributed by atoms with Crippen LogP contribution in [-0.4, -0.2) is 37.3 Å². The summed E-state index contributed by atoms with van der Waals surface area (Å²) in [6.07, 6.45) is 35.2. The monoisotopic (exact) mass is 814 g/mol. The Morgan fingerprint density at radius 1 is 0.492 bits per heavy atom. The molecule has 0 spiro atoms. The molecule has 59 heavy (non-hydrogen) atoms. The molecule has 0 radical (unpaired) electrons. The first-order valence-corrected chi connectivity index (χ1v) is 23.8. The van der Waals surface area contributed by atoms with E-state index in [0.29, 0.717) is 12.1 Å². The number of benzene rings is 3. The number of hydrogen-bond donors (Lipinski definition) is 1. The Bertz CT molecular complexity index is 1600. The summed E-state index contributed by atoms with van der Waals surface area (Å²) in [7, 11) is 0. The maximum Gasteiger partial charge on any atom is 0.411 e. The molecule has 0 aliphatic heterocycles. The summed E-state index contributed by atoms with van der Waals surface area (Å²) in [4.78, 5) is 38.4. The number of rotatable bonds is 35. The zero-order valence-electron chi connectivity index (χ0n) is 37.1. The zero-order chi connectivity index (χ0) is 42.0. The summed E-state index contributed by atoms with van der Waals surface area (Å²) in [6, 6.07) is 18.1. The number of amides is 1. The van der Waals surface area contributed by atoms with Gasteiger partial charge in [0.1, 0.15) is 13.2 Å². The molecule has 0 aliphatic rings. The van der Waals surface area contributed by atoms with Crippen LogP contribution >= 0.6 is 0 Å². The van der Waals surface area contributed by atoms with Crippen LogP contribution in [-0.2, 0) is 23.8 Å². The van der Waals surface area contributed by atoms with E-state index in [1.165, 1.54) is 116 Å². The van der Waals surface area contributed by atoms with Crippen molar-refractivity contribution in [3.8, 4) is 0 Å². The molecule has 0 unspecified atom stereocenters. The molecule has 0 saturated carbocycles. The lowest BCUT2D eigenvalue weighted by molar-refractivity contribution is -0.161. The third-order valence-corrected chi connectivity index (χ3v) is 11.2. The first-order chi connectivity index (χ1) is 29.0. The van der Waals surface area contributed by atoms with Gasteiger partial charge in [0.2, 0.25) is 0 Å². The van der Waals surface area contributed by atoms with Crippen molar-refractivity contribution in [1.82, 2.24) is 0 Å². The van der Waals surface area contributed by atoms with Crippen molar-refractivity contribution in [3.63, 3.8) is 0 Å². The summed E-state index contributed by atoms with van der Waals surface area (Å²) in [5, 5.41) is 7.14. The molecule has 7 nitrogen and oxygen atoms in total. The fourth-order valence-corrected chi connectivity index (χ4v) is 7.59. The lowest BCUT2D eigenvalue weighted by Crippen LogP contribution is -2.31. The minimum atomic E-state index is -0.880. The fraction of sp³-hybridized carbons (Fsp3) is 0.635. The Kier molecular flexibility index (Phi) is 27.6. The predicted molar refractivity (Wildman–Crippen MR) is 247 cm³/mol. The van der Waals surface area contributed by atoms with Crippen LogP contribution < -0.4 is 5.32 Å². The van der Waals surface area contributed by atoms with Crippen molar-refractivity contribution in [2.24, 2.45) is 0 Å². The van der Waals surface area contributed by atoms with Crippen LogP contribution in [0.4, 0.5) is 10.5 Å². The molecule has 3 rings (SSSR count). The van der Waals surface area contributed by atoms with E-state index >= 15 is 0 Å². The average molecular weight is 814 g/mol.